The smallest absolute Gasteiger partial charge is 0.292 e. The number of phenolic OH excluding ortho intramolecular Hbond substituents is 1. The number of hydrogen-bond donors (Lipinski definition) is 1. The molecule has 3 heteroatoms. The Morgan fingerprint density at radius 1 is 1.00 bits per heavy atom. The van der Waals surface area contributed by atoms with Crippen molar-refractivity contribution in [1.29, 1.82) is 5.26 Å². The number of nitrogens with zero attached hydrogens (tertiary/aromatic N) is 1. The molecule has 0 saturated carbocycles. The monoisotopic (exact) mass is 211 g/mol. The van der Waals surface area contributed by atoms with Crippen LogP contribution in [-0.4, -0.2) is 5.11 Å². The summed E-state index contributed by atoms with van der Waals surface area (Å²) in [6.45, 7) is 0. The molecule has 16 heavy (non-hydrogen) atoms. The van der Waals surface area contributed by atoms with Gasteiger partial charge in [0.15, 0.2) is 11.5 Å². The largest absolute Gasteiger partial charge is 0.504 e. The Hall–Kier alpha value is -2.47. The number of benzene rings is 2. The Morgan fingerprint density at radius 2 is 1.75 bits per heavy atom. The summed E-state index contributed by atoms with van der Waals surface area (Å²) in [7, 11) is 0. The highest BCUT2D eigenvalue weighted by atomic mass is 16.5. The van der Waals surface area contributed by atoms with Crippen LogP contribution in [0, 0.1) is 11.5 Å². The lowest BCUT2D eigenvalue weighted by atomic mass is 10.1. The first kappa shape index (κ1) is 10.1. The average molecular weight is 211 g/mol. The molecule has 0 saturated heterocycles. The Bertz CT molecular complexity index is 529. The molecule has 2 aromatic rings. The van der Waals surface area contributed by atoms with E-state index in [9.17, 15) is 5.11 Å². The third-order valence-corrected chi connectivity index (χ3v) is 2.22. The van der Waals surface area contributed by atoms with Gasteiger partial charge in [-0.15, -0.1) is 5.26 Å². The van der Waals surface area contributed by atoms with Crippen molar-refractivity contribution in [2.75, 3.05) is 0 Å². The van der Waals surface area contributed by atoms with E-state index in [1.54, 1.807) is 18.4 Å². The molecular formula is C13H9NO2. The molecule has 0 aliphatic heterocycles. The van der Waals surface area contributed by atoms with Crippen LogP contribution in [0.2, 0.25) is 0 Å². The lowest BCUT2D eigenvalue weighted by Gasteiger charge is -2.04. The number of aromatic hydroxyl groups is 1. The van der Waals surface area contributed by atoms with E-state index in [0.717, 1.165) is 11.1 Å². The number of nitriles is 1. The van der Waals surface area contributed by atoms with Gasteiger partial charge in [0.05, 0.1) is 0 Å². The van der Waals surface area contributed by atoms with Gasteiger partial charge in [0.2, 0.25) is 0 Å². The zero-order valence-electron chi connectivity index (χ0n) is 8.42. The van der Waals surface area contributed by atoms with Crippen molar-refractivity contribution >= 4 is 0 Å². The summed E-state index contributed by atoms with van der Waals surface area (Å²) < 4.78 is 4.65. The molecule has 2 aromatic carbocycles. The van der Waals surface area contributed by atoms with Crippen molar-refractivity contribution in [2.24, 2.45) is 0 Å². The minimum absolute atomic E-state index is 0.0405. The first-order valence-electron chi connectivity index (χ1n) is 4.75. The van der Waals surface area contributed by atoms with Gasteiger partial charge in [-0.05, 0) is 23.3 Å². The van der Waals surface area contributed by atoms with Gasteiger partial charge in [-0.2, -0.15) is 0 Å². The molecule has 2 rings (SSSR count). The molecule has 0 bridgehead atoms. The third-order valence-electron chi connectivity index (χ3n) is 2.22. The zero-order chi connectivity index (χ0) is 11.4. The van der Waals surface area contributed by atoms with Crippen LogP contribution in [0.25, 0.3) is 11.1 Å². The normalized spacial score (nSPS) is 9.44. The van der Waals surface area contributed by atoms with Crippen LogP contribution in [0.15, 0.2) is 48.5 Å². The zero-order valence-corrected chi connectivity index (χ0v) is 8.42. The molecular weight excluding hydrogens is 202 g/mol. The molecule has 0 aliphatic rings. The fraction of sp³-hybridized carbons (Fsp3) is 0. The van der Waals surface area contributed by atoms with Crippen molar-refractivity contribution in [3.8, 4) is 28.9 Å². The fourth-order valence-corrected chi connectivity index (χ4v) is 1.46. The number of ether oxygens (including phenoxy) is 1. The molecule has 0 heterocycles. The highest BCUT2D eigenvalue weighted by Gasteiger charge is 2.05. The molecule has 0 amide bonds. The van der Waals surface area contributed by atoms with Gasteiger partial charge < -0.3 is 9.84 Å². The highest BCUT2D eigenvalue weighted by Crippen LogP contribution is 2.31. The summed E-state index contributed by atoms with van der Waals surface area (Å²) in [5, 5.41) is 17.9. The van der Waals surface area contributed by atoms with E-state index in [1.165, 1.54) is 6.07 Å². The molecule has 3 nitrogen and oxygen atoms in total. The van der Waals surface area contributed by atoms with Gasteiger partial charge in [0, 0.05) is 0 Å². The average Bonchev–Trinajstić information content (AvgIpc) is 2.33. The summed E-state index contributed by atoms with van der Waals surface area (Å²) in [6.07, 6.45) is 1.54. The van der Waals surface area contributed by atoms with Crippen LogP contribution in [0.1, 0.15) is 0 Å². The van der Waals surface area contributed by atoms with Crippen LogP contribution in [-0.2, 0) is 0 Å². The van der Waals surface area contributed by atoms with Crippen molar-refractivity contribution in [1.82, 2.24) is 0 Å². The Labute approximate surface area is 93.2 Å². The van der Waals surface area contributed by atoms with Crippen molar-refractivity contribution in [3.63, 3.8) is 0 Å². The van der Waals surface area contributed by atoms with Crippen LogP contribution in [0.4, 0.5) is 0 Å². The quantitative estimate of drug-likeness (QED) is 0.777. The number of phenols is 1. The molecule has 78 valence electrons. The Balaban J connectivity index is 2.45. The van der Waals surface area contributed by atoms with Gasteiger partial charge in [-0.1, -0.05) is 36.4 Å². The van der Waals surface area contributed by atoms with Crippen molar-refractivity contribution in [2.45, 2.75) is 0 Å². The first-order chi connectivity index (χ1) is 7.81. The van der Waals surface area contributed by atoms with Crippen LogP contribution in [0.5, 0.6) is 11.5 Å². The molecule has 0 unspecified atom stereocenters. The summed E-state index contributed by atoms with van der Waals surface area (Å²) in [6, 6.07) is 14.6. The molecule has 0 aromatic heterocycles. The maximum absolute atomic E-state index is 9.44. The van der Waals surface area contributed by atoms with E-state index in [4.69, 9.17) is 5.26 Å². The second kappa shape index (κ2) is 4.37. The van der Waals surface area contributed by atoms with Gasteiger partial charge >= 0.3 is 0 Å². The number of hydrogen-bond acceptors (Lipinski definition) is 3. The second-order valence-electron chi connectivity index (χ2n) is 3.24. The van der Waals surface area contributed by atoms with Gasteiger partial charge in [0.25, 0.3) is 6.26 Å². The van der Waals surface area contributed by atoms with E-state index in [0.29, 0.717) is 0 Å². The van der Waals surface area contributed by atoms with Crippen LogP contribution in [0.3, 0.4) is 0 Å². The van der Waals surface area contributed by atoms with Gasteiger partial charge in [-0.3, -0.25) is 0 Å². The summed E-state index contributed by atoms with van der Waals surface area (Å²) in [5.41, 5.74) is 1.90. The van der Waals surface area contributed by atoms with Gasteiger partial charge in [-0.25, -0.2) is 0 Å². The summed E-state index contributed by atoms with van der Waals surface area (Å²) in [5.74, 6) is 0.130. The Morgan fingerprint density at radius 3 is 2.44 bits per heavy atom. The maximum Gasteiger partial charge on any atom is 0.292 e. The molecule has 0 spiro atoms. The topological polar surface area (TPSA) is 53.2 Å². The fourth-order valence-electron chi connectivity index (χ4n) is 1.46. The molecule has 0 radical (unpaired) electrons. The maximum atomic E-state index is 9.44. The van der Waals surface area contributed by atoms with Crippen molar-refractivity contribution < 1.29 is 9.84 Å². The minimum atomic E-state index is -0.0405. The molecule has 0 fully saturated rings. The first-order valence-corrected chi connectivity index (χ1v) is 4.75. The lowest BCUT2D eigenvalue weighted by Crippen LogP contribution is -1.84. The lowest BCUT2D eigenvalue weighted by molar-refractivity contribution is 0.421. The highest BCUT2D eigenvalue weighted by molar-refractivity contribution is 5.66. The molecule has 0 aliphatic carbocycles. The summed E-state index contributed by atoms with van der Waals surface area (Å²) >= 11 is 0. The van der Waals surface area contributed by atoms with Crippen LogP contribution >= 0.6 is 0 Å². The SMILES string of the molecule is N#COc1cc(-c2ccccc2)ccc1O. The van der Waals surface area contributed by atoms with Gasteiger partial charge in [0.1, 0.15) is 0 Å². The third kappa shape index (κ3) is 1.96. The van der Waals surface area contributed by atoms with E-state index >= 15 is 0 Å². The van der Waals surface area contributed by atoms with Crippen molar-refractivity contribution in [3.05, 3.63) is 48.5 Å². The van der Waals surface area contributed by atoms with E-state index < -0.39 is 0 Å². The standard InChI is InChI=1S/C13H9NO2/c14-9-16-13-8-11(6-7-12(13)15)10-4-2-1-3-5-10/h1-8,15H. The second-order valence-corrected chi connectivity index (χ2v) is 3.24. The minimum Gasteiger partial charge on any atom is -0.504 e. The van der Waals surface area contributed by atoms with E-state index in [2.05, 4.69) is 4.74 Å². The predicted octanol–water partition coefficient (Wildman–Crippen LogP) is 2.92. The number of rotatable bonds is 2. The van der Waals surface area contributed by atoms with E-state index in [1.807, 2.05) is 30.3 Å². The van der Waals surface area contributed by atoms with Crippen LogP contribution < -0.4 is 4.74 Å². The predicted molar refractivity (Wildman–Crippen MR) is 59.8 cm³/mol. The molecule has 0 atom stereocenters. The summed E-state index contributed by atoms with van der Waals surface area (Å²) in [4.78, 5) is 0. The molecule has 1 N–H and O–H groups in total. The van der Waals surface area contributed by atoms with E-state index in [-0.39, 0.29) is 11.5 Å². The Kier molecular flexibility index (Phi) is 2.75.